The molecule has 21 heavy (non-hydrogen) atoms. The van der Waals surface area contributed by atoms with E-state index in [0.717, 1.165) is 15.6 Å². The Morgan fingerprint density at radius 2 is 1.95 bits per heavy atom. The number of ether oxygens (including phenoxy) is 1. The van der Waals surface area contributed by atoms with Crippen LogP contribution in [0.5, 0.6) is 0 Å². The third-order valence-electron chi connectivity index (χ3n) is 3.52. The van der Waals surface area contributed by atoms with Crippen molar-refractivity contribution in [3.8, 4) is 0 Å². The summed E-state index contributed by atoms with van der Waals surface area (Å²) in [6, 6.07) is 3.22. The van der Waals surface area contributed by atoms with E-state index < -0.39 is 17.5 Å². The van der Waals surface area contributed by atoms with Crippen molar-refractivity contribution in [2.24, 2.45) is 0 Å². The van der Waals surface area contributed by atoms with E-state index in [1.165, 1.54) is 0 Å². The fourth-order valence-electron chi connectivity index (χ4n) is 2.36. The molecule has 0 bridgehead atoms. The van der Waals surface area contributed by atoms with Gasteiger partial charge in [0.25, 0.3) is 0 Å². The van der Waals surface area contributed by atoms with Gasteiger partial charge in [-0.3, -0.25) is 0 Å². The van der Waals surface area contributed by atoms with Crippen LogP contribution in [0.15, 0.2) is 16.6 Å². The molecule has 1 heterocycles. The van der Waals surface area contributed by atoms with Gasteiger partial charge < -0.3 is 20.5 Å². The Morgan fingerprint density at radius 3 is 2.43 bits per heavy atom. The van der Waals surface area contributed by atoms with Crippen LogP contribution in [-0.2, 0) is 9.53 Å². The fraction of sp³-hybridized carbons (Fsp3) is 0.429. The van der Waals surface area contributed by atoms with Gasteiger partial charge >= 0.3 is 12.0 Å². The number of aryl methyl sites for hydroxylation is 2. The lowest BCUT2D eigenvalue weighted by Crippen LogP contribution is -2.56. The Bertz CT molecular complexity index is 559. The third kappa shape index (κ3) is 3.36. The van der Waals surface area contributed by atoms with Crippen LogP contribution in [0.4, 0.5) is 10.5 Å². The van der Waals surface area contributed by atoms with Crippen LogP contribution in [0.3, 0.4) is 0 Å². The summed E-state index contributed by atoms with van der Waals surface area (Å²) in [6.07, 6.45) is 0.258. The average molecular weight is 357 g/mol. The minimum atomic E-state index is -1.35. The maximum absolute atomic E-state index is 12.1. The molecule has 2 amide bonds. The van der Waals surface area contributed by atoms with Crippen LogP contribution in [0, 0.1) is 13.8 Å². The topological polar surface area (TPSA) is 87.7 Å². The zero-order chi connectivity index (χ0) is 15.6. The molecule has 1 aromatic carbocycles. The molecule has 1 aromatic rings. The van der Waals surface area contributed by atoms with E-state index in [-0.39, 0.29) is 13.0 Å². The normalized spacial score (nSPS) is 21.1. The second-order valence-corrected chi connectivity index (χ2v) is 6.10. The summed E-state index contributed by atoms with van der Waals surface area (Å²) in [5.74, 6) is -1.08. The van der Waals surface area contributed by atoms with Gasteiger partial charge in [-0.25, -0.2) is 9.59 Å². The van der Waals surface area contributed by atoms with Crippen LogP contribution < -0.4 is 10.6 Å². The highest BCUT2D eigenvalue weighted by atomic mass is 79.9. The molecular weight excluding hydrogens is 340 g/mol. The SMILES string of the molecule is Cc1cc(Br)cc(C)c1NC(=O)NC1(C(=O)O)CCOC1. The molecule has 7 heteroatoms. The van der Waals surface area contributed by atoms with Crippen molar-refractivity contribution < 1.29 is 19.4 Å². The summed E-state index contributed by atoms with van der Waals surface area (Å²) in [5.41, 5.74) is 1.12. The van der Waals surface area contributed by atoms with Gasteiger partial charge in [-0.15, -0.1) is 0 Å². The van der Waals surface area contributed by atoms with Crippen LogP contribution in [0.2, 0.25) is 0 Å². The first kappa shape index (κ1) is 15.8. The summed E-state index contributed by atoms with van der Waals surface area (Å²) in [7, 11) is 0. The van der Waals surface area contributed by atoms with Crippen molar-refractivity contribution in [2.45, 2.75) is 25.8 Å². The largest absolute Gasteiger partial charge is 0.479 e. The van der Waals surface area contributed by atoms with E-state index in [1.54, 1.807) is 0 Å². The van der Waals surface area contributed by atoms with E-state index in [1.807, 2.05) is 26.0 Å². The molecule has 6 nitrogen and oxygen atoms in total. The van der Waals surface area contributed by atoms with Gasteiger partial charge in [0.2, 0.25) is 0 Å². The molecule has 1 fully saturated rings. The molecule has 1 saturated heterocycles. The molecule has 3 N–H and O–H groups in total. The van der Waals surface area contributed by atoms with Crippen molar-refractivity contribution in [3.05, 3.63) is 27.7 Å². The van der Waals surface area contributed by atoms with Crippen molar-refractivity contribution >= 4 is 33.6 Å². The number of carbonyl (C=O) groups excluding carboxylic acids is 1. The van der Waals surface area contributed by atoms with Gasteiger partial charge in [0.1, 0.15) is 0 Å². The number of carbonyl (C=O) groups is 2. The minimum Gasteiger partial charge on any atom is -0.479 e. The van der Waals surface area contributed by atoms with Gasteiger partial charge in [0, 0.05) is 23.2 Å². The number of amides is 2. The van der Waals surface area contributed by atoms with Crippen molar-refractivity contribution in [1.82, 2.24) is 5.32 Å². The van der Waals surface area contributed by atoms with E-state index in [2.05, 4.69) is 26.6 Å². The molecule has 0 spiro atoms. The number of hydrogen-bond donors (Lipinski definition) is 3. The average Bonchev–Trinajstić information content (AvgIpc) is 2.83. The summed E-state index contributed by atoms with van der Waals surface area (Å²) < 4.78 is 6.03. The molecule has 1 unspecified atom stereocenters. The number of anilines is 1. The van der Waals surface area contributed by atoms with Crippen LogP contribution in [0.25, 0.3) is 0 Å². The van der Waals surface area contributed by atoms with Crippen LogP contribution in [-0.4, -0.2) is 35.9 Å². The first-order valence-electron chi connectivity index (χ1n) is 6.51. The highest BCUT2D eigenvalue weighted by Gasteiger charge is 2.44. The highest BCUT2D eigenvalue weighted by Crippen LogP contribution is 2.25. The van der Waals surface area contributed by atoms with Gasteiger partial charge in [-0.05, 0) is 37.1 Å². The number of aliphatic carboxylic acids is 1. The second-order valence-electron chi connectivity index (χ2n) is 5.18. The first-order chi connectivity index (χ1) is 9.84. The summed E-state index contributed by atoms with van der Waals surface area (Å²) >= 11 is 3.39. The van der Waals surface area contributed by atoms with Gasteiger partial charge in [0.15, 0.2) is 5.54 Å². The predicted molar refractivity (Wildman–Crippen MR) is 81.6 cm³/mol. The molecule has 114 valence electrons. The number of halogens is 1. The number of rotatable bonds is 3. The zero-order valence-corrected chi connectivity index (χ0v) is 13.4. The molecular formula is C14H17BrN2O4. The summed E-state index contributed by atoms with van der Waals surface area (Å²) in [4.78, 5) is 23.5. The standard InChI is InChI=1S/C14H17BrN2O4/c1-8-5-10(15)6-9(2)11(8)16-13(20)17-14(12(18)19)3-4-21-7-14/h5-6H,3-4,7H2,1-2H3,(H,18,19)(H2,16,17,20). The molecule has 0 aliphatic carbocycles. The lowest BCUT2D eigenvalue weighted by Gasteiger charge is -2.24. The lowest BCUT2D eigenvalue weighted by atomic mass is 9.99. The number of nitrogens with one attached hydrogen (secondary N) is 2. The maximum Gasteiger partial charge on any atom is 0.332 e. The van der Waals surface area contributed by atoms with Gasteiger partial charge in [-0.2, -0.15) is 0 Å². The summed E-state index contributed by atoms with van der Waals surface area (Å²) in [5, 5.41) is 14.5. The van der Waals surface area contributed by atoms with E-state index >= 15 is 0 Å². The minimum absolute atomic E-state index is 0.0198. The highest BCUT2D eigenvalue weighted by molar-refractivity contribution is 9.10. The van der Waals surface area contributed by atoms with Crippen LogP contribution in [0.1, 0.15) is 17.5 Å². The van der Waals surface area contributed by atoms with Crippen molar-refractivity contribution in [3.63, 3.8) is 0 Å². The quantitative estimate of drug-likeness (QED) is 0.775. The van der Waals surface area contributed by atoms with Crippen molar-refractivity contribution in [2.75, 3.05) is 18.5 Å². The first-order valence-corrected chi connectivity index (χ1v) is 7.30. The zero-order valence-electron chi connectivity index (χ0n) is 11.8. The molecule has 1 aliphatic rings. The Kier molecular flexibility index (Phi) is 4.53. The van der Waals surface area contributed by atoms with E-state index in [9.17, 15) is 14.7 Å². The number of benzene rings is 1. The van der Waals surface area contributed by atoms with E-state index in [0.29, 0.717) is 12.3 Å². The Balaban J connectivity index is 2.14. The Labute approximate surface area is 131 Å². The number of urea groups is 1. The second kappa shape index (κ2) is 6.03. The predicted octanol–water partition coefficient (Wildman–Crippen LogP) is 2.43. The van der Waals surface area contributed by atoms with Gasteiger partial charge in [0.05, 0.1) is 6.61 Å². The Hall–Kier alpha value is -1.60. The molecule has 2 rings (SSSR count). The number of carboxylic acid groups (broad SMARTS) is 1. The molecule has 0 saturated carbocycles. The van der Waals surface area contributed by atoms with Gasteiger partial charge in [-0.1, -0.05) is 15.9 Å². The molecule has 0 radical (unpaired) electrons. The van der Waals surface area contributed by atoms with E-state index in [4.69, 9.17) is 4.74 Å². The summed E-state index contributed by atoms with van der Waals surface area (Å²) in [6.45, 7) is 4.05. The lowest BCUT2D eigenvalue weighted by molar-refractivity contribution is -0.144. The Morgan fingerprint density at radius 1 is 1.33 bits per heavy atom. The number of carboxylic acids is 1. The smallest absolute Gasteiger partial charge is 0.332 e. The maximum atomic E-state index is 12.1. The van der Waals surface area contributed by atoms with Crippen LogP contribution >= 0.6 is 15.9 Å². The molecule has 1 aliphatic heterocycles. The monoisotopic (exact) mass is 356 g/mol. The molecule has 1 atom stereocenters. The fourth-order valence-corrected chi connectivity index (χ4v) is 3.04. The van der Waals surface area contributed by atoms with Crippen molar-refractivity contribution in [1.29, 1.82) is 0 Å². The number of hydrogen-bond acceptors (Lipinski definition) is 3. The third-order valence-corrected chi connectivity index (χ3v) is 3.98. The molecule has 0 aromatic heterocycles.